The molecule has 0 aliphatic rings. The van der Waals surface area contributed by atoms with E-state index in [1.807, 2.05) is 30.3 Å². The standard InChI is InChI=1S/C22H14Cl3N3O/c23-13-5-8-15(9-6-13)27-22(29)28-20-12-26-19-10-7-14(24)11-17(19)21(20)16-3-1-2-4-18(16)25/h1-12H,(H2,27,28,29). The molecule has 0 bridgehead atoms. The van der Waals surface area contributed by atoms with Gasteiger partial charge in [0.25, 0.3) is 0 Å². The molecule has 144 valence electrons. The van der Waals surface area contributed by atoms with Crippen molar-refractivity contribution >= 4 is 63.1 Å². The van der Waals surface area contributed by atoms with Crippen molar-refractivity contribution in [1.82, 2.24) is 4.98 Å². The molecule has 2 amide bonds. The second kappa shape index (κ2) is 8.29. The minimum absolute atomic E-state index is 0.413. The van der Waals surface area contributed by atoms with E-state index in [-0.39, 0.29) is 0 Å². The summed E-state index contributed by atoms with van der Waals surface area (Å²) in [6.45, 7) is 0. The van der Waals surface area contributed by atoms with Crippen LogP contribution in [0.1, 0.15) is 0 Å². The largest absolute Gasteiger partial charge is 0.323 e. The van der Waals surface area contributed by atoms with Gasteiger partial charge in [-0.05, 0) is 48.5 Å². The van der Waals surface area contributed by atoms with E-state index in [9.17, 15) is 4.79 Å². The Kier molecular flexibility index (Phi) is 5.58. The Hall–Kier alpha value is -2.79. The summed E-state index contributed by atoms with van der Waals surface area (Å²) in [6.07, 6.45) is 1.61. The number of nitrogens with zero attached hydrogens (tertiary/aromatic N) is 1. The van der Waals surface area contributed by atoms with Crippen molar-refractivity contribution in [3.8, 4) is 11.1 Å². The summed E-state index contributed by atoms with van der Waals surface area (Å²) < 4.78 is 0. The van der Waals surface area contributed by atoms with Crippen LogP contribution in [0.25, 0.3) is 22.0 Å². The average molecular weight is 443 g/mol. The third-order valence-corrected chi connectivity index (χ3v) is 5.14. The molecule has 29 heavy (non-hydrogen) atoms. The zero-order valence-electron chi connectivity index (χ0n) is 14.9. The lowest BCUT2D eigenvalue weighted by Crippen LogP contribution is -2.20. The van der Waals surface area contributed by atoms with E-state index in [1.165, 1.54) is 0 Å². The molecule has 0 radical (unpaired) electrons. The number of urea groups is 1. The number of hydrogen-bond acceptors (Lipinski definition) is 2. The summed E-state index contributed by atoms with van der Waals surface area (Å²) in [6, 6.07) is 19.3. The molecule has 4 nitrogen and oxygen atoms in total. The number of halogens is 3. The highest BCUT2D eigenvalue weighted by molar-refractivity contribution is 6.34. The Bertz CT molecular complexity index is 1210. The maximum absolute atomic E-state index is 12.6. The van der Waals surface area contributed by atoms with Gasteiger partial charge in [0, 0.05) is 37.3 Å². The van der Waals surface area contributed by atoms with Crippen LogP contribution in [0, 0.1) is 0 Å². The molecule has 4 aromatic rings. The van der Waals surface area contributed by atoms with Crippen molar-refractivity contribution in [2.45, 2.75) is 0 Å². The fraction of sp³-hybridized carbons (Fsp3) is 0. The minimum atomic E-state index is -0.413. The third-order valence-electron chi connectivity index (χ3n) is 4.32. The molecule has 0 saturated heterocycles. The van der Waals surface area contributed by atoms with Crippen molar-refractivity contribution in [3.05, 3.63) is 88.0 Å². The normalized spacial score (nSPS) is 10.7. The molecule has 4 rings (SSSR count). The molecule has 0 fully saturated rings. The molecule has 3 aromatic carbocycles. The summed E-state index contributed by atoms with van der Waals surface area (Å²) in [7, 11) is 0. The van der Waals surface area contributed by atoms with Crippen LogP contribution in [-0.4, -0.2) is 11.0 Å². The van der Waals surface area contributed by atoms with Gasteiger partial charge in [-0.1, -0.05) is 53.0 Å². The van der Waals surface area contributed by atoms with Gasteiger partial charge in [0.15, 0.2) is 0 Å². The number of carbonyl (C=O) groups is 1. The number of carbonyl (C=O) groups excluding carboxylic acids is 1. The molecule has 0 aliphatic carbocycles. The Balaban J connectivity index is 1.77. The molecule has 0 spiro atoms. The molecular formula is C22H14Cl3N3O. The molecule has 0 saturated carbocycles. The molecule has 0 atom stereocenters. The summed E-state index contributed by atoms with van der Waals surface area (Å²) in [5.41, 5.74) is 3.38. The molecule has 1 heterocycles. The number of hydrogen-bond donors (Lipinski definition) is 2. The van der Waals surface area contributed by atoms with E-state index in [0.29, 0.717) is 26.4 Å². The van der Waals surface area contributed by atoms with Crippen LogP contribution < -0.4 is 10.6 Å². The maximum atomic E-state index is 12.6. The molecule has 1 aromatic heterocycles. The molecule has 2 N–H and O–H groups in total. The Labute approximate surface area is 182 Å². The predicted octanol–water partition coefficient (Wildman–Crippen LogP) is 7.51. The first-order valence-electron chi connectivity index (χ1n) is 8.68. The number of amides is 2. The summed E-state index contributed by atoms with van der Waals surface area (Å²) in [5, 5.41) is 8.14. The Morgan fingerprint density at radius 1 is 0.828 bits per heavy atom. The zero-order chi connectivity index (χ0) is 20.4. The molecule has 7 heteroatoms. The number of fused-ring (bicyclic) bond motifs is 1. The fourth-order valence-electron chi connectivity index (χ4n) is 3.03. The second-order valence-electron chi connectivity index (χ2n) is 6.27. The van der Waals surface area contributed by atoms with Crippen LogP contribution in [0.3, 0.4) is 0 Å². The van der Waals surface area contributed by atoms with Crippen LogP contribution in [0.15, 0.2) is 72.9 Å². The summed E-state index contributed by atoms with van der Waals surface area (Å²) in [5.74, 6) is 0. The lowest BCUT2D eigenvalue weighted by atomic mass is 9.99. The van der Waals surface area contributed by atoms with Crippen molar-refractivity contribution in [2.24, 2.45) is 0 Å². The highest BCUT2D eigenvalue weighted by atomic mass is 35.5. The van der Waals surface area contributed by atoms with Crippen LogP contribution >= 0.6 is 34.8 Å². The van der Waals surface area contributed by atoms with Crippen LogP contribution in [0.2, 0.25) is 15.1 Å². The lowest BCUT2D eigenvalue weighted by molar-refractivity contribution is 0.262. The van der Waals surface area contributed by atoms with Gasteiger partial charge >= 0.3 is 6.03 Å². The van der Waals surface area contributed by atoms with E-state index < -0.39 is 6.03 Å². The van der Waals surface area contributed by atoms with E-state index in [0.717, 1.165) is 22.0 Å². The fourth-order valence-corrected chi connectivity index (χ4v) is 3.56. The van der Waals surface area contributed by atoms with Gasteiger partial charge in [0.05, 0.1) is 17.4 Å². The van der Waals surface area contributed by atoms with E-state index >= 15 is 0 Å². The molecule has 0 unspecified atom stereocenters. The first-order valence-corrected chi connectivity index (χ1v) is 9.81. The topological polar surface area (TPSA) is 54.0 Å². The Morgan fingerprint density at radius 3 is 2.31 bits per heavy atom. The molecule has 0 aliphatic heterocycles. The summed E-state index contributed by atoms with van der Waals surface area (Å²) >= 11 is 18.6. The van der Waals surface area contributed by atoms with Crippen molar-refractivity contribution in [2.75, 3.05) is 10.6 Å². The number of nitrogens with one attached hydrogen (secondary N) is 2. The number of benzene rings is 3. The van der Waals surface area contributed by atoms with E-state index in [2.05, 4.69) is 15.6 Å². The maximum Gasteiger partial charge on any atom is 0.323 e. The van der Waals surface area contributed by atoms with Crippen molar-refractivity contribution < 1.29 is 4.79 Å². The van der Waals surface area contributed by atoms with E-state index in [1.54, 1.807) is 42.6 Å². The lowest BCUT2D eigenvalue weighted by Gasteiger charge is -2.16. The first-order chi connectivity index (χ1) is 14.0. The number of rotatable bonds is 3. The Morgan fingerprint density at radius 2 is 1.55 bits per heavy atom. The third kappa shape index (κ3) is 4.30. The van der Waals surface area contributed by atoms with Gasteiger partial charge in [-0.2, -0.15) is 0 Å². The van der Waals surface area contributed by atoms with Gasteiger partial charge in [0.1, 0.15) is 0 Å². The van der Waals surface area contributed by atoms with Gasteiger partial charge in [-0.3, -0.25) is 4.98 Å². The minimum Gasteiger partial charge on any atom is -0.308 e. The van der Waals surface area contributed by atoms with E-state index in [4.69, 9.17) is 34.8 Å². The quantitative estimate of drug-likeness (QED) is 0.345. The monoisotopic (exact) mass is 441 g/mol. The smallest absolute Gasteiger partial charge is 0.308 e. The summed E-state index contributed by atoms with van der Waals surface area (Å²) in [4.78, 5) is 17.0. The number of anilines is 2. The van der Waals surface area contributed by atoms with Crippen LogP contribution in [0.5, 0.6) is 0 Å². The molecular weight excluding hydrogens is 429 g/mol. The number of pyridine rings is 1. The average Bonchev–Trinajstić information content (AvgIpc) is 2.70. The van der Waals surface area contributed by atoms with Crippen molar-refractivity contribution in [3.63, 3.8) is 0 Å². The van der Waals surface area contributed by atoms with Crippen LogP contribution in [0.4, 0.5) is 16.2 Å². The van der Waals surface area contributed by atoms with Gasteiger partial charge in [-0.15, -0.1) is 0 Å². The van der Waals surface area contributed by atoms with Gasteiger partial charge in [0.2, 0.25) is 0 Å². The SMILES string of the molecule is O=C(Nc1ccc(Cl)cc1)Nc1cnc2ccc(Cl)cc2c1-c1ccccc1Cl. The van der Waals surface area contributed by atoms with Gasteiger partial charge < -0.3 is 10.6 Å². The predicted molar refractivity (Wildman–Crippen MR) is 121 cm³/mol. The van der Waals surface area contributed by atoms with Crippen molar-refractivity contribution in [1.29, 1.82) is 0 Å². The highest BCUT2D eigenvalue weighted by Crippen LogP contribution is 2.39. The van der Waals surface area contributed by atoms with Crippen LogP contribution in [-0.2, 0) is 0 Å². The first kappa shape index (κ1) is 19.5. The van der Waals surface area contributed by atoms with Gasteiger partial charge in [-0.25, -0.2) is 4.79 Å². The zero-order valence-corrected chi connectivity index (χ0v) is 17.2. The second-order valence-corrected chi connectivity index (χ2v) is 7.55. The number of aromatic nitrogens is 1. The highest BCUT2D eigenvalue weighted by Gasteiger charge is 2.16.